The number of aryl methyl sites for hydroxylation is 3. The van der Waals surface area contributed by atoms with Crippen molar-refractivity contribution in [3.05, 3.63) is 70.9 Å². The predicted molar refractivity (Wildman–Crippen MR) is 107 cm³/mol. The minimum absolute atomic E-state index is 0.405. The number of aromatic nitrogens is 2. The van der Waals surface area contributed by atoms with Crippen molar-refractivity contribution in [3.8, 4) is 0 Å². The van der Waals surface area contributed by atoms with Crippen molar-refractivity contribution in [2.75, 3.05) is 17.7 Å². The molecule has 0 saturated carbocycles. The molecule has 0 unspecified atom stereocenters. The summed E-state index contributed by atoms with van der Waals surface area (Å²) >= 11 is 0. The van der Waals surface area contributed by atoms with Crippen LogP contribution in [0.15, 0.2) is 48.5 Å². The van der Waals surface area contributed by atoms with Gasteiger partial charge in [0.25, 0.3) is 0 Å². The van der Waals surface area contributed by atoms with Crippen LogP contribution in [-0.4, -0.2) is 23.0 Å². The van der Waals surface area contributed by atoms with Crippen LogP contribution in [0.1, 0.15) is 27.2 Å². The number of hydrogen-bond donors (Lipinski definition) is 2. The summed E-state index contributed by atoms with van der Waals surface area (Å²) in [5.41, 5.74) is 5.12. The molecule has 0 amide bonds. The van der Waals surface area contributed by atoms with Crippen LogP contribution in [0.5, 0.6) is 0 Å². The van der Waals surface area contributed by atoms with Gasteiger partial charge >= 0.3 is 5.97 Å². The molecule has 0 bridgehead atoms. The summed E-state index contributed by atoms with van der Waals surface area (Å²) in [6, 6.07) is 15.2. The Balaban J connectivity index is 1.89. The van der Waals surface area contributed by atoms with Gasteiger partial charge in [-0.25, -0.2) is 9.78 Å². The maximum absolute atomic E-state index is 12.0. The number of esters is 1. The third-order valence-corrected chi connectivity index (χ3v) is 3.93. The van der Waals surface area contributed by atoms with E-state index in [0.29, 0.717) is 23.0 Å². The Hall–Kier alpha value is -3.41. The number of anilines is 4. The van der Waals surface area contributed by atoms with Crippen molar-refractivity contribution in [1.29, 1.82) is 0 Å². The van der Waals surface area contributed by atoms with Gasteiger partial charge in [-0.15, -0.1) is 0 Å². The van der Waals surface area contributed by atoms with E-state index in [-0.39, 0.29) is 0 Å². The van der Waals surface area contributed by atoms with E-state index in [0.717, 1.165) is 22.5 Å². The molecule has 0 radical (unpaired) electrons. The fraction of sp³-hybridized carbons (Fsp3) is 0.190. The summed E-state index contributed by atoms with van der Waals surface area (Å²) in [5, 5.41) is 6.43. The van der Waals surface area contributed by atoms with Crippen LogP contribution in [0.3, 0.4) is 0 Å². The second kappa shape index (κ2) is 7.86. The summed E-state index contributed by atoms with van der Waals surface area (Å²) in [6.07, 6.45) is 0. The van der Waals surface area contributed by atoms with E-state index in [1.807, 2.05) is 45.0 Å². The van der Waals surface area contributed by atoms with E-state index < -0.39 is 5.97 Å². The largest absolute Gasteiger partial charge is 0.465 e. The number of para-hydroxylation sites is 1. The van der Waals surface area contributed by atoms with E-state index in [2.05, 4.69) is 26.7 Å². The summed E-state index contributed by atoms with van der Waals surface area (Å²) in [5.74, 6) is 0.668. The minimum Gasteiger partial charge on any atom is -0.465 e. The average Bonchev–Trinajstić information content (AvgIpc) is 2.60. The van der Waals surface area contributed by atoms with Gasteiger partial charge in [-0.2, -0.15) is 4.98 Å². The highest BCUT2D eigenvalue weighted by atomic mass is 16.5. The molecule has 0 saturated heterocycles. The molecule has 3 rings (SSSR count). The lowest BCUT2D eigenvalue weighted by Gasteiger charge is -2.13. The Morgan fingerprint density at radius 3 is 2.33 bits per heavy atom. The Labute approximate surface area is 158 Å². The molecule has 6 heteroatoms. The molecule has 3 aromatic rings. The zero-order chi connectivity index (χ0) is 19.4. The van der Waals surface area contributed by atoms with Gasteiger partial charge < -0.3 is 15.4 Å². The molecule has 2 N–H and O–H groups in total. The molecular formula is C21H22N4O2. The Bertz CT molecular complexity index is 965. The fourth-order valence-electron chi connectivity index (χ4n) is 2.88. The lowest BCUT2D eigenvalue weighted by Crippen LogP contribution is -2.07. The van der Waals surface area contributed by atoms with Crippen molar-refractivity contribution in [3.63, 3.8) is 0 Å². The second-order valence-corrected chi connectivity index (χ2v) is 6.38. The maximum atomic E-state index is 12.0. The number of ether oxygens (including phenoxy) is 1. The Kier molecular flexibility index (Phi) is 5.35. The van der Waals surface area contributed by atoms with Crippen LogP contribution in [-0.2, 0) is 4.74 Å². The highest BCUT2D eigenvalue weighted by Gasteiger charge is 2.12. The molecule has 1 heterocycles. The number of methoxy groups -OCH3 is 1. The lowest BCUT2D eigenvalue weighted by molar-refractivity contribution is 0.0602. The number of rotatable bonds is 5. The summed E-state index contributed by atoms with van der Waals surface area (Å²) in [4.78, 5) is 20.9. The summed E-state index contributed by atoms with van der Waals surface area (Å²) in [6.45, 7) is 5.99. The number of nitrogens with zero attached hydrogens (tertiary/aromatic N) is 2. The summed E-state index contributed by atoms with van der Waals surface area (Å²) < 4.78 is 4.84. The number of hydrogen-bond acceptors (Lipinski definition) is 6. The SMILES string of the molecule is COC(=O)c1ccccc1Nc1cc(C)nc(Nc2cc(C)cc(C)c2)n1. The topological polar surface area (TPSA) is 76.1 Å². The van der Waals surface area contributed by atoms with Gasteiger partial charge in [0.05, 0.1) is 18.4 Å². The van der Waals surface area contributed by atoms with Crippen molar-refractivity contribution in [2.24, 2.45) is 0 Å². The number of carbonyl (C=O) groups excluding carboxylic acids is 1. The zero-order valence-corrected chi connectivity index (χ0v) is 15.8. The standard InChI is InChI=1S/C21H22N4O2/c1-13-9-14(2)11-16(10-13)23-21-22-15(3)12-19(25-21)24-18-8-6-5-7-17(18)20(26)27-4/h5-12H,1-4H3,(H2,22,23,24,25). The molecule has 1 aromatic heterocycles. The first-order valence-corrected chi connectivity index (χ1v) is 8.60. The van der Waals surface area contributed by atoms with Crippen LogP contribution in [0, 0.1) is 20.8 Å². The molecule has 0 fully saturated rings. The first-order chi connectivity index (χ1) is 12.9. The molecule has 0 aliphatic rings. The maximum Gasteiger partial charge on any atom is 0.339 e. The van der Waals surface area contributed by atoms with Crippen LogP contribution in [0.2, 0.25) is 0 Å². The van der Waals surface area contributed by atoms with Crippen LogP contribution < -0.4 is 10.6 Å². The van der Waals surface area contributed by atoms with Gasteiger partial charge in [-0.3, -0.25) is 0 Å². The van der Waals surface area contributed by atoms with Crippen LogP contribution in [0.4, 0.5) is 23.1 Å². The highest BCUT2D eigenvalue weighted by Crippen LogP contribution is 2.23. The Morgan fingerprint density at radius 2 is 1.63 bits per heavy atom. The molecule has 0 atom stereocenters. The first-order valence-electron chi connectivity index (χ1n) is 8.60. The number of carbonyl (C=O) groups is 1. The number of nitrogens with one attached hydrogen (secondary N) is 2. The molecule has 6 nitrogen and oxygen atoms in total. The molecule has 27 heavy (non-hydrogen) atoms. The van der Waals surface area contributed by atoms with E-state index in [1.165, 1.54) is 7.11 Å². The van der Waals surface area contributed by atoms with Gasteiger partial charge in [-0.05, 0) is 56.2 Å². The molecule has 0 aliphatic heterocycles. The third kappa shape index (κ3) is 4.61. The van der Waals surface area contributed by atoms with Gasteiger partial charge in [0.2, 0.25) is 5.95 Å². The van der Waals surface area contributed by atoms with Crippen LogP contribution >= 0.6 is 0 Å². The Morgan fingerprint density at radius 1 is 0.926 bits per heavy atom. The van der Waals surface area contributed by atoms with Crippen molar-refractivity contribution < 1.29 is 9.53 Å². The smallest absolute Gasteiger partial charge is 0.339 e. The van der Waals surface area contributed by atoms with Crippen molar-refractivity contribution in [2.45, 2.75) is 20.8 Å². The van der Waals surface area contributed by atoms with Crippen LogP contribution in [0.25, 0.3) is 0 Å². The lowest BCUT2D eigenvalue weighted by atomic mass is 10.1. The third-order valence-electron chi connectivity index (χ3n) is 3.93. The molecule has 0 spiro atoms. The molecule has 2 aromatic carbocycles. The minimum atomic E-state index is -0.405. The highest BCUT2D eigenvalue weighted by molar-refractivity contribution is 5.96. The van der Waals surface area contributed by atoms with Gasteiger partial charge in [0.1, 0.15) is 5.82 Å². The normalized spacial score (nSPS) is 10.4. The van der Waals surface area contributed by atoms with Gasteiger partial charge in [0, 0.05) is 17.4 Å². The van der Waals surface area contributed by atoms with Gasteiger partial charge in [-0.1, -0.05) is 18.2 Å². The fourth-order valence-corrected chi connectivity index (χ4v) is 2.88. The predicted octanol–water partition coefficient (Wildman–Crippen LogP) is 4.68. The van der Waals surface area contributed by atoms with E-state index >= 15 is 0 Å². The first kappa shape index (κ1) is 18.4. The van der Waals surface area contributed by atoms with Crippen molar-refractivity contribution >= 4 is 29.1 Å². The summed E-state index contributed by atoms with van der Waals surface area (Å²) in [7, 11) is 1.36. The molecule has 0 aliphatic carbocycles. The number of benzene rings is 2. The van der Waals surface area contributed by atoms with Gasteiger partial charge in [0.15, 0.2) is 0 Å². The van der Waals surface area contributed by atoms with Crippen molar-refractivity contribution in [1.82, 2.24) is 9.97 Å². The zero-order valence-electron chi connectivity index (χ0n) is 15.8. The van der Waals surface area contributed by atoms with E-state index in [1.54, 1.807) is 18.2 Å². The van der Waals surface area contributed by atoms with E-state index in [4.69, 9.17) is 4.74 Å². The second-order valence-electron chi connectivity index (χ2n) is 6.38. The quantitative estimate of drug-likeness (QED) is 0.642. The molecule has 138 valence electrons. The molecular weight excluding hydrogens is 340 g/mol. The van der Waals surface area contributed by atoms with E-state index in [9.17, 15) is 4.79 Å². The monoisotopic (exact) mass is 362 g/mol. The average molecular weight is 362 g/mol.